The predicted molar refractivity (Wildman–Crippen MR) is 67.0 cm³/mol. The maximum atomic E-state index is 12.5. The molecule has 0 aliphatic rings. The third-order valence-electron chi connectivity index (χ3n) is 2.69. The Hall–Kier alpha value is -0.350. The molecule has 0 spiro atoms. The van der Waals surface area contributed by atoms with Gasteiger partial charge in [-0.1, -0.05) is 0 Å². The predicted octanol–water partition coefficient (Wildman–Crippen LogP) is 2.60. The number of hydrogen-bond donors (Lipinski definition) is 2. The molecule has 0 aromatic carbocycles. The third kappa shape index (κ3) is 8.94. The van der Waals surface area contributed by atoms with E-state index >= 15 is 0 Å². The second-order valence-corrected chi connectivity index (χ2v) is 6.79. The molecule has 0 saturated heterocycles. The molecule has 0 rings (SSSR count). The Morgan fingerprint density at radius 1 is 1.00 bits per heavy atom. The molecule has 5 nitrogen and oxygen atoms in total. The Labute approximate surface area is 124 Å². The Bertz CT molecular complexity index is 379. The second-order valence-electron chi connectivity index (χ2n) is 5.30. The molecule has 0 fully saturated rings. The van der Waals surface area contributed by atoms with E-state index in [-0.39, 0.29) is 11.2 Å². The third-order valence-corrected chi connectivity index (χ3v) is 4.01. The van der Waals surface area contributed by atoms with Crippen LogP contribution in [-0.2, 0) is 4.57 Å². The second kappa shape index (κ2) is 7.48. The van der Waals surface area contributed by atoms with Crippen LogP contribution < -0.4 is 0 Å². The Morgan fingerprint density at radius 2 is 1.36 bits per heavy atom. The number of halogens is 6. The minimum Gasteiger partial charge on any atom is -0.312 e. The van der Waals surface area contributed by atoms with E-state index in [1.54, 1.807) is 0 Å². The van der Waals surface area contributed by atoms with Gasteiger partial charge in [0.15, 0.2) is 0 Å². The average molecular weight is 360 g/mol. The highest BCUT2D eigenvalue weighted by Gasteiger charge is 2.47. The van der Waals surface area contributed by atoms with Crippen LogP contribution in [0.25, 0.3) is 0 Å². The van der Waals surface area contributed by atoms with Crippen LogP contribution in [-0.4, -0.2) is 64.4 Å². The fourth-order valence-electron chi connectivity index (χ4n) is 2.24. The van der Waals surface area contributed by atoms with Crippen LogP contribution in [0.4, 0.5) is 26.3 Å². The van der Waals surface area contributed by atoms with Gasteiger partial charge in [0.05, 0.1) is 12.8 Å². The number of nitrogens with zero attached hydrogens (tertiary/aromatic N) is 2. The lowest BCUT2D eigenvalue weighted by Gasteiger charge is -2.37. The molecule has 22 heavy (non-hydrogen) atoms. The van der Waals surface area contributed by atoms with Gasteiger partial charge >= 0.3 is 20.1 Å². The van der Waals surface area contributed by atoms with E-state index in [0.717, 1.165) is 0 Å². The van der Waals surface area contributed by atoms with Gasteiger partial charge in [-0.15, -0.1) is 0 Å². The highest BCUT2D eigenvalue weighted by molar-refractivity contribution is 7.49. The Morgan fingerprint density at radius 3 is 1.59 bits per heavy atom. The van der Waals surface area contributed by atoms with Crippen LogP contribution in [0.3, 0.4) is 0 Å². The van der Waals surface area contributed by atoms with Gasteiger partial charge in [-0.2, -0.15) is 26.3 Å². The van der Waals surface area contributed by atoms with Crippen LogP contribution in [0, 0.1) is 0 Å². The molecule has 0 aliphatic carbocycles. The zero-order valence-electron chi connectivity index (χ0n) is 12.2. The van der Waals surface area contributed by atoms with Gasteiger partial charge in [0, 0.05) is 18.6 Å². The van der Waals surface area contributed by atoms with Crippen molar-refractivity contribution in [2.45, 2.75) is 44.2 Å². The van der Waals surface area contributed by atoms with E-state index in [2.05, 4.69) is 0 Å². The first kappa shape index (κ1) is 21.6. The molecule has 1 atom stereocenters. The quantitative estimate of drug-likeness (QED) is 0.540. The summed E-state index contributed by atoms with van der Waals surface area (Å²) < 4.78 is 86.4. The summed E-state index contributed by atoms with van der Waals surface area (Å²) in [5.74, 6) is 0. The van der Waals surface area contributed by atoms with Crippen LogP contribution >= 0.6 is 7.75 Å². The average Bonchev–Trinajstić information content (AvgIpc) is 2.06. The first-order valence-electron chi connectivity index (χ1n) is 6.15. The molecule has 0 aromatic rings. The van der Waals surface area contributed by atoms with Crippen molar-refractivity contribution in [3.05, 3.63) is 0 Å². The number of alkyl halides is 6. The lowest BCUT2D eigenvalue weighted by molar-refractivity contribution is -0.174. The van der Waals surface area contributed by atoms with E-state index in [4.69, 9.17) is 0 Å². The molecule has 0 aromatic heterocycles. The first-order chi connectivity index (χ1) is 9.53. The van der Waals surface area contributed by atoms with Crippen LogP contribution in [0.1, 0.15) is 19.8 Å². The van der Waals surface area contributed by atoms with Crippen molar-refractivity contribution in [3.63, 3.8) is 0 Å². The molecule has 2 N–H and O–H groups in total. The molecule has 0 heterocycles. The Kier molecular flexibility index (Phi) is 7.36. The zero-order chi connectivity index (χ0) is 17.9. The van der Waals surface area contributed by atoms with E-state index in [1.165, 1.54) is 25.9 Å². The van der Waals surface area contributed by atoms with Gasteiger partial charge in [0.25, 0.3) is 0 Å². The van der Waals surface area contributed by atoms with Crippen molar-refractivity contribution in [2.24, 2.45) is 0 Å². The molecule has 0 saturated carbocycles. The highest BCUT2D eigenvalue weighted by Crippen LogP contribution is 2.47. The van der Waals surface area contributed by atoms with E-state index in [9.17, 15) is 40.7 Å². The SMILES string of the molecule is CC(CN(C)C)N(C(CC(F)(F)F)CC(F)(F)F)P(=O)(O)O. The molecule has 0 bridgehead atoms. The fraction of sp³-hybridized carbons (Fsp3) is 1.00. The maximum Gasteiger partial charge on any atom is 0.403 e. The van der Waals surface area contributed by atoms with Crippen molar-refractivity contribution >= 4 is 7.75 Å². The fourth-order valence-corrected chi connectivity index (χ4v) is 3.41. The van der Waals surface area contributed by atoms with Gasteiger partial charge in [-0.25, -0.2) is 9.24 Å². The van der Waals surface area contributed by atoms with Crippen LogP contribution in [0.15, 0.2) is 0 Å². The minimum absolute atomic E-state index is 0.00792. The molecule has 0 aliphatic heterocycles. The normalized spacial score (nSPS) is 15.9. The Balaban J connectivity index is 5.58. The molecule has 12 heteroatoms. The summed E-state index contributed by atoms with van der Waals surface area (Å²) in [6, 6.07) is -3.60. The largest absolute Gasteiger partial charge is 0.403 e. The lowest BCUT2D eigenvalue weighted by atomic mass is 10.1. The highest BCUT2D eigenvalue weighted by atomic mass is 31.2. The summed E-state index contributed by atoms with van der Waals surface area (Å²) >= 11 is 0. The van der Waals surface area contributed by atoms with Crippen molar-refractivity contribution in [1.82, 2.24) is 9.57 Å². The van der Waals surface area contributed by atoms with Gasteiger partial charge < -0.3 is 14.7 Å². The smallest absolute Gasteiger partial charge is 0.312 e. The standard InChI is InChI=1S/C10H19F6N2O3P/c1-7(6-17(2)3)18(22(19,20)21)8(4-9(11,12)13)5-10(14,15)16/h7-8H,4-6H2,1-3H3,(H2,19,20,21). The molecular formula is C10H19F6N2O3P. The van der Waals surface area contributed by atoms with Gasteiger partial charge in [0.2, 0.25) is 0 Å². The molecule has 0 amide bonds. The topological polar surface area (TPSA) is 64.0 Å². The number of rotatable bonds is 7. The molecule has 134 valence electrons. The van der Waals surface area contributed by atoms with Gasteiger partial charge in [-0.05, 0) is 21.0 Å². The van der Waals surface area contributed by atoms with Gasteiger partial charge in [-0.3, -0.25) is 0 Å². The molecular weight excluding hydrogens is 341 g/mol. The lowest BCUT2D eigenvalue weighted by Crippen LogP contribution is -2.47. The summed E-state index contributed by atoms with van der Waals surface area (Å²) in [6.45, 7) is 1.05. The van der Waals surface area contributed by atoms with E-state index < -0.39 is 45.0 Å². The van der Waals surface area contributed by atoms with Crippen molar-refractivity contribution < 1.29 is 40.7 Å². The maximum absolute atomic E-state index is 12.5. The zero-order valence-corrected chi connectivity index (χ0v) is 13.1. The van der Waals surface area contributed by atoms with Crippen molar-refractivity contribution in [1.29, 1.82) is 0 Å². The van der Waals surface area contributed by atoms with E-state index in [1.807, 2.05) is 0 Å². The van der Waals surface area contributed by atoms with Gasteiger partial charge in [0.1, 0.15) is 0 Å². The van der Waals surface area contributed by atoms with E-state index in [0.29, 0.717) is 0 Å². The number of likely N-dealkylation sites (N-methyl/N-ethyl adjacent to an activating group) is 1. The number of hydrogen-bond acceptors (Lipinski definition) is 2. The summed E-state index contributed by atoms with van der Waals surface area (Å²) in [4.78, 5) is 19.8. The summed E-state index contributed by atoms with van der Waals surface area (Å²) in [5, 5.41) is 0. The first-order valence-corrected chi connectivity index (χ1v) is 7.72. The van der Waals surface area contributed by atoms with Crippen molar-refractivity contribution in [2.75, 3.05) is 20.6 Å². The summed E-state index contributed by atoms with van der Waals surface area (Å²) in [7, 11) is -2.34. The summed E-state index contributed by atoms with van der Waals surface area (Å²) in [5.41, 5.74) is 0. The molecule has 1 unspecified atom stereocenters. The monoisotopic (exact) mass is 360 g/mol. The summed E-state index contributed by atoms with van der Waals surface area (Å²) in [6.07, 6.45) is -13.9. The molecule has 0 radical (unpaired) electrons. The van der Waals surface area contributed by atoms with Crippen molar-refractivity contribution in [3.8, 4) is 0 Å². The van der Waals surface area contributed by atoms with Crippen LogP contribution in [0.2, 0.25) is 0 Å². The van der Waals surface area contributed by atoms with Crippen LogP contribution in [0.5, 0.6) is 0 Å². The minimum atomic E-state index is -5.31.